The third kappa shape index (κ3) is 6.03. The number of halogens is 1. The lowest BCUT2D eigenvalue weighted by molar-refractivity contribution is -0.121. The Morgan fingerprint density at radius 1 is 1.20 bits per heavy atom. The van der Waals surface area contributed by atoms with Gasteiger partial charge in [-0.2, -0.15) is 0 Å². The number of nitrogens with one attached hydrogen (secondary N) is 3. The molecule has 5 nitrogen and oxygen atoms in total. The Bertz CT molecular complexity index is 615. The van der Waals surface area contributed by atoms with Crippen molar-refractivity contribution in [3.8, 4) is 0 Å². The highest BCUT2D eigenvalue weighted by Crippen LogP contribution is 2.47. The van der Waals surface area contributed by atoms with E-state index in [0.717, 1.165) is 24.9 Å². The number of hydrogen-bond donors (Lipinski definition) is 3. The van der Waals surface area contributed by atoms with Crippen molar-refractivity contribution in [2.24, 2.45) is 4.99 Å². The second-order valence-electron chi connectivity index (χ2n) is 7.63. The molecule has 25 heavy (non-hydrogen) atoms. The first-order valence-electron chi connectivity index (χ1n) is 8.83. The van der Waals surface area contributed by atoms with Crippen molar-refractivity contribution in [2.45, 2.75) is 51.5 Å². The molecule has 0 saturated heterocycles. The van der Waals surface area contributed by atoms with Crippen LogP contribution in [0.3, 0.4) is 0 Å². The summed E-state index contributed by atoms with van der Waals surface area (Å²) < 4.78 is 13.1. The van der Waals surface area contributed by atoms with Crippen molar-refractivity contribution < 1.29 is 9.18 Å². The number of nitrogens with zero attached hydrogens (tertiary/aromatic N) is 1. The van der Waals surface area contributed by atoms with Gasteiger partial charge in [-0.15, -0.1) is 0 Å². The monoisotopic (exact) mass is 348 g/mol. The van der Waals surface area contributed by atoms with E-state index in [9.17, 15) is 9.18 Å². The Balaban J connectivity index is 1.94. The van der Waals surface area contributed by atoms with Crippen molar-refractivity contribution in [3.63, 3.8) is 0 Å². The molecule has 1 aromatic carbocycles. The van der Waals surface area contributed by atoms with Crippen LogP contribution >= 0.6 is 0 Å². The summed E-state index contributed by atoms with van der Waals surface area (Å²) in [6.07, 6.45) is 2.13. The zero-order valence-corrected chi connectivity index (χ0v) is 15.6. The Labute approximate surface area is 149 Å². The van der Waals surface area contributed by atoms with Gasteiger partial charge in [-0.25, -0.2) is 9.38 Å². The maximum atomic E-state index is 13.1. The number of hydrogen-bond acceptors (Lipinski definition) is 2. The van der Waals surface area contributed by atoms with Gasteiger partial charge in [0.05, 0.1) is 0 Å². The summed E-state index contributed by atoms with van der Waals surface area (Å²) in [6.45, 7) is 9.32. The van der Waals surface area contributed by atoms with Gasteiger partial charge in [-0.3, -0.25) is 4.79 Å². The van der Waals surface area contributed by atoms with Crippen molar-refractivity contribution in [2.75, 3.05) is 19.6 Å². The van der Waals surface area contributed by atoms with Crippen LogP contribution in [0.25, 0.3) is 0 Å². The highest BCUT2D eigenvalue weighted by atomic mass is 19.1. The molecule has 1 saturated carbocycles. The van der Waals surface area contributed by atoms with Crippen LogP contribution in [0.5, 0.6) is 0 Å². The molecule has 0 atom stereocenters. The second kappa shape index (κ2) is 7.85. The number of carbonyl (C=O) groups excluding carboxylic acids is 1. The predicted molar refractivity (Wildman–Crippen MR) is 99.2 cm³/mol. The Morgan fingerprint density at radius 2 is 1.84 bits per heavy atom. The van der Waals surface area contributed by atoms with E-state index >= 15 is 0 Å². The summed E-state index contributed by atoms with van der Waals surface area (Å²) in [7, 11) is 0. The number of aliphatic imine (C=N–C) groups is 1. The van der Waals surface area contributed by atoms with E-state index in [1.807, 2.05) is 39.8 Å². The third-order valence-corrected chi connectivity index (χ3v) is 4.14. The van der Waals surface area contributed by atoms with E-state index < -0.39 is 0 Å². The molecule has 1 aliphatic carbocycles. The molecule has 0 heterocycles. The minimum atomic E-state index is -0.265. The van der Waals surface area contributed by atoms with Crippen molar-refractivity contribution in [1.82, 2.24) is 16.0 Å². The van der Waals surface area contributed by atoms with E-state index in [2.05, 4.69) is 20.9 Å². The summed E-state index contributed by atoms with van der Waals surface area (Å²) in [5.41, 5.74) is 0.916. The molecule has 1 aliphatic rings. The molecule has 1 fully saturated rings. The number of guanidine groups is 1. The Kier molecular flexibility index (Phi) is 6.03. The van der Waals surface area contributed by atoms with Gasteiger partial charge in [0.1, 0.15) is 12.4 Å². The molecular formula is C19H29FN4O. The zero-order chi connectivity index (χ0) is 18.5. The van der Waals surface area contributed by atoms with E-state index in [0.29, 0.717) is 12.5 Å². The first-order chi connectivity index (χ1) is 11.7. The Morgan fingerprint density at radius 3 is 2.36 bits per heavy atom. The molecule has 0 aromatic heterocycles. The molecule has 2 rings (SSSR count). The first kappa shape index (κ1) is 19.2. The molecule has 138 valence electrons. The topological polar surface area (TPSA) is 65.5 Å². The molecule has 0 aliphatic heterocycles. The minimum Gasteiger partial charge on any atom is -0.357 e. The van der Waals surface area contributed by atoms with Crippen LogP contribution in [0.2, 0.25) is 0 Å². The van der Waals surface area contributed by atoms with E-state index in [4.69, 9.17) is 0 Å². The van der Waals surface area contributed by atoms with Crippen LogP contribution in [0.4, 0.5) is 4.39 Å². The molecule has 0 bridgehead atoms. The van der Waals surface area contributed by atoms with Crippen molar-refractivity contribution >= 4 is 11.9 Å². The SMILES string of the molecule is CCNC(=NCC(=O)NC(C)(C)C)NCC1(c2ccc(F)cc2)CC1. The van der Waals surface area contributed by atoms with Gasteiger partial charge in [0.2, 0.25) is 5.91 Å². The van der Waals surface area contributed by atoms with Gasteiger partial charge < -0.3 is 16.0 Å². The van der Waals surface area contributed by atoms with Crippen LogP contribution in [-0.2, 0) is 10.2 Å². The van der Waals surface area contributed by atoms with Gasteiger partial charge in [-0.1, -0.05) is 12.1 Å². The summed E-state index contributed by atoms with van der Waals surface area (Å²) in [5, 5.41) is 9.38. The van der Waals surface area contributed by atoms with Crippen LogP contribution in [0, 0.1) is 5.82 Å². The highest BCUT2D eigenvalue weighted by molar-refractivity contribution is 5.85. The summed E-state index contributed by atoms with van der Waals surface area (Å²) >= 11 is 0. The molecule has 6 heteroatoms. The first-order valence-corrected chi connectivity index (χ1v) is 8.83. The molecule has 0 spiro atoms. The number of rotatable bonds is 6. The van der Waals surface area contributed by atoms with E-state index in [1.54, 1.807) is 0 Å². The summed E-state index contributed by atoms with van der Waals surface area (Å²) in [5.74, 6) is 0.302. The normalized spacial score (nSPS) is 16.3. The second-order valence-corrected chi connectivity index (χ2v) is 7.63. The smallest absolute Gasteiger partial charge is 0.242 e. The molecule has 3 N–H and O–H groups in total. The van der Waals surface area contributed by atoms with Crippen LogP contribution in [-0.4, -0.2) is 37.0 Å². The average Bonchev–Trinajstić information content (AvgIpc) is 3.30. The summed E-state index contributed by atoms with van der Waals surface area (Å²) in [4.78, 5) is 16.3. The van der Waals surface area contributed by atoms with Crippen LogP contribution in [0.15, 0.2) is 29.3 Å². The van der Waals surface area contributed by atoms with Gasteiger partial charge in [-0.05, 0) is 58.2 Å². The Hall–Kier alpha value is -2.11. The maximum absolute atomic E-state index is 13.1. The van der Waals surface area contributed by atoms with E-state index in [1.165, 1.54) is 12.1 Å². The fourth-order valence-electron chi connectivity index (χ4n) is 2.73. The lowest BCUT2D eigenvalue weighted by Crippen LogP contribution is -2.44. The number of amides is 1. The molecule has 0 unspecified atom stereocenters. The lowest BCUT2D eigenvalue weighted by atomic mass is 9.96. The standard InChI is InChI=1S/C19H29FN4O/c1-5-21-17(22-12-16(25)24-18(2,3)4)23-13-19(10-11-19)14-6-8-15(20)9-7-14/h6-9H,5,10-13H2,1-4H3,(H,24,25)(H2,21,22,23). The zero-order valence-electron chi connectivity index (χ0n) is 15.6. The van der Waals surface area contributed by atoms with Crippen LogP contribution in [0.1, 0.15) is 46.1 Å². The van der Waals surface area contributed by atoms with Gasteiger partial charge in [0.25, 0.3) is 0 Å². The molecule has 1 amide bonds. The maximum Gasteiger partial charge on any atom is 0.242 e. The molecular weight excluding hydrogens is 319 g/mol. The average molecular weight is 348 g/mol. The van der Waals surface area contributed by atoms with E-state index in [-0.39, 0.29) is 29.2 Å². The fourth-order valence-corrected chi connectivity index (χ4v) is 2.73. The van der Waals surface area contributed by atoms with Crippen molar-refractivity contribution in [1.29, 1.82) is 0 Å². The largest absolute Gasteiger partial charge is 0.357 e. The minimum absolute atomic E-state index is 0.0392. The highest BCUT2D eigenvalue weighted by Gasteiger charge is 2.44. The summed E-state index contributed by atoms with van der Waals surface area (Å²) in [6, 6.07) is 6.72. The van der Waals surface area contributed by atoms with Crippen molar-refractivity contribution in [3.05, 3.63) is 35.6 Å². The number of carbonyl (C=O) groups is 1. The molecule has 0 radical (unpaired) electrons. The lowest BCUT2D eigenvalue weighted by Gasteiger charge is -2.21. The predicted octanol–water partition coefficient (Wildman–Crippen LogP) is 2.33. The molecule has 1 aromatic rings. The number of benzene rings is 1. The van der Waals surface area contributed by atoms with Gasteiger partial charge in [0.15, 0.2) is 5.96 Å². The van der Waals surface area contributed by atoms with Gasteiger partial charge in [0, 0.05) is 24.0 Å². The quantitative estimate of drug-likeness (QED) is 0.546. The third-order valence-electron chi connectivity index (χ3n) is 4.14. The van der Waals surface area contributed by atoms with Crippen LogP contribution < -0.4 is 16.0 Å². The fraction of sp³-hybridized carbons (Fsp3) is 0.579. The van der Waals surface area contributed by atoms with Gasteiger partial charge >= 0.3 is 0 Å².